The number of nitro benzene ring substituents is 1. The molecule has 1 saturated heterocycles. The number of fused-ring (bicyclic) bond motifs is 1. The van der Waals surface area contributed by atoms with E-state index < -0.39 is 4.92 Å². The van der Waals surface area contributed by atoms with Crippen LogP contribution in [0.15, 0.2) is 30.5 Å². The molecule has 1 aromatic carbocycles. The van der Waals surface area contributed by atoms with Crippen LogP contribution in [0.25, 0.3) is 10.9 Å². The molecule has 0 saturated carbocycles. The summed E-state index contributed by atoms with van der Waals surface area (Å²) in [6.45, 7) is 3.83. The fraction of sp³-hybridized carbons (Fsp3) is 0.308. The van der Waals surface area contributed by atoms with Crippen molar-refractivity contribution in [2.45, 2.75) is 0 Å². The van der Waals surface area contributed by atoms with E-state index in [4.69, 9.17) is 4.74 Å². The zero-order valence-electron chi connectivity index (χ0n) is 10.8. The number of hydrogen-bond donors (Lipinski definition) is 2. The number of hydrogen-bond acceptors (Lipinski definition) is 6. The second-order valence-electron chi connectivity index (χ2n) is 4.12. The van der Waals surface area contributed by atoms with Crippen LogP contribution in [0, 0.1) is 10.1 Å². The van der Waals surface area contributed by atoms with Gasteiger partial charge in [-0.2, -0.15) is 0 Å². The van der Waals surface area contributed by atoms with Crippen molar-refractivity contribution in [2.75, 3.05) is 26.3 Å². The van der Waals surface area contributed by atoms with Crippen molar-refractivity contribution in [3.8, 4) is 5.75 Å². The second kappa shape index (κ2) is 6.78. The summed E-state index contributed by atoms with van der Waals surface area (Å²) in [7, 11) is 0. The maximum absolute atomic E-state index is 10.6. The lowest BCUT2D eigenvalue weighted by atomic mass is 10.2. The number of ether oxygens (including phenoxy) is 1. The molecule has 3 rings (SSSR count). The number of nitro groups is 1. The fourth-order valence-corrected chi connectivity index (χ4v) is 1.82. The van der Waals surface area contributed by atoms with E-state index in [-0.39, 0.29) is 17.0 Å². The first-order valence-electron chi connectivity index (χ1n) is 6.19. The van der Waals surface area contributed by atoms with Crippen LogP contribution >= 0.6 is 0 Å². The van der Waals surface area contributed by atoms with E-state index in [1.165, 1.54) is 18.3 Å². The zero-order chi connectivity index (χ0) is 14.4. The summed E-state index contributed by atoms with van der Waals surface area (Å²) < 4.78 is 5.01. The second-order valence-corrected chi connectivity index (χ2v) is 4.12. The Bertz CT molecular complexity index is 588. The van der Waals surface area contributed by atoms with Gasteiger partial charge in [0.05, 0.1) is 23.5 Å². The molecule has 20 heavy (non-hydrogen) atoms. The summed E-state index contributed by atoms with van der Waals surface area (Å²) in [6.07, 6.45) is 1.48. The monoisotopic (exact) mass is 277 g/mol. The molecule has 0 unspecified atom stereocenters. The molecule has 7 heteroatoms. The summed E-state index contributed by atoms with van der Waals surface area (Å²) in [4.78, 5) is 14.0. The molecule has 106 valence electrons. The molecule has 0 radical (unpaired) electrons. The highest BCUT2D eigenvalue weighted by Gasteiger charge is 2.13. The largest absolute Gasteiger partial charge is 0.506 e. The molecule has 0 bridgehead atoms. The van der Waals surface area contributed by atoms with Gasteiger partial charge in [0.1, 0.15) is 11.3 Å². The molecule has 0 amide bonds. The van der Waals surface area contributed by atoms with Crippen LogP contribution in [0.1, 0.15) is 0 Å². The topological polar surface area (TPSA) is 97.5 Å². The third-order valence-corrected chi connectivity index (χ3v) is 2.77. The Labute approximate surface area is 115 Å². The van der Waals surface area contributed by atoms with Crippen molar-refractivity contribution in [1.82, 2.24) is 10.3 Å². The Morgan fingerprint density at radius 2 is 2.05 bits per heavy atom. The van der Waals surface area contributed by atoms with Crippen LogP contribution < -0.4 is 5.32 Å². The predicted molar refractivity (Wildman–Crippen MR) is 73.8 cm³/mol. The molecule has 0 atom stereocenters. The minimum absolute atomic E-state index is 0.0498. The molecule has 1 aliphatic heterocycles. The lowest BCUT2D eigenvalue weighted by Gasteiger charge is -2.10. The quantitative estimate of drug-likeness (QED) is 0.605. The lowest BCUT2D eigenvalue weighted by molar-refractivity contribution is -0.383. The van der Waals surface area contributed by atoms with Crippen molar-refractivity contribution < 1.29 is 14.8 Å². The molecule has 2 heterocycles. The van der Waals surface area contributed by atoms with Gasteiger partial charge in [-0.25, -0.2) is 0 Å². The Kier molecular flexibility index (Phi) is 4.80. The highest BCUT2D eigenvalue weighted by molar-refractivity contribution is 5.91. The maximum atomic E-state index is 10.6. The number of morpholine rings is 1. The van der Waals surface area contributed by atoms with Crippen molar-refractivity contribution in [1.29, 1.82) is 0 Å². The van der Waals surface area contributed by atoms with Crippen LogP contribution in [0.2, 0.25) is 0 Å². The van der Waals surface area contributed by atoms with Gasteiger partial charge in [-0.3, -0.25) is 15.1 Å². The number of phenolic OH excluding ortho intramolecular Hbond substituents is 1. The lowest BCUT2D eigenvalue weighted by Crippen LogP contribution is -2.30. The van der Waals surface area contributed by atoms with Gasteiger partial charge in [-0.15, -0.1) is 0 Å². The van der Waals surface area contributed by atoms with Gasteiger partial charge < -0.3 is 15.2 Å². The summed E-state index contributed by atoms with van der Waals surface area (Å²) in [5, 5.41) is 23.5. The SMILES string of the molecule is C1COCCN1.O=[N+]([O-])c1ccc(O)c2ncccc12. The number of nitrogens with one attached hydrogen (secondary N) is 1. The number of pyridine rings is 1. The van der Waals surface area contributed by atoms with E-state index >= 15 is 0 Å². The molecule has 2 aromatic rings. The van der Waals surface area contributed by atoms with Gasteiger partial charge in [0.15, 0.2) is 0 Å². The van der Waals surface area contributed by atoms with Gasteiger partial charge in [0.2, 0.25) is 0 Å². The first-order valence-corrected chi connectivity index (χ1v) is 6.19. The zero-order valence-corrected chi connectivity index (χ0v) is 10.8. The van der Waals surface area contributed by atoms with E-state index in [2.05, 4.69) is 10.3 Å². The van der Waals surface area contributed by atoms with Crippen molar-refractivity contribution in [2.24, 2.45) is 0 Å². The molecule has 1 aliphatic rings. The smallest absolute Gasteiger partial charge is 0.279 e. The van der Waals surface area contributed by atoms with Crippen LogP contribution in [0.3, 0.4) is 0 Å². The van der Waals surface area contributed by atoms with E-state index in [1.54, 1.807) is 12.1 Å². The average Bonchev–Trinajstić information content (AvgIpc) is 2.50. The first kappa shape index (κ1) is 14.2. The van der Waals surface area contributed by atoms with E-state index in [9.17, 15) is 15.2 Å². The Hall–Kier alpha value is -2.25. The first-order chi connectivity index (χ1) is 9.70. The fourth-order valence-electron chi connectivity index (χ4n) is 1.82. The van der Waals surface area contributed by atoms with Crippen LogP contribution in [0.5, 0.6) is 5.75 Å². The van der Waals surface area contributed by atoms with Crippen molar-refractivity contribution >= 4 is 16.6 Å². The van der Waals surface area contributed by atoms with Gasteiger partial charge in [-0.05, 0) is 18.2 Å². The van der Waals surface area contributed by atoms with Gasteiger partial charge in [-0.1, -0.05) is 0 Å². The normalized spacial score (nSPS) is 14.4. The maximum Gasteiger partial charge on any atom is 0.279 e. The third-order valence-electron chi connectivity index (χ3n) is 2.77. The van der Waals surface area contributed by atoms with E-state index in [0.29, 0.717) is 5.39 Å². The highest BCUT2D eigenvalue weighted by Crippen LogP contribution is 2.29. The van der Waals surface area contributed by atoms with Crippen LogP contribution in [0.4, 0.5) is 5.69 Å². The molecule has 0 spiro atoms. The predicted octanol–water partition coefficient (Wildman–Crippen LogP) is 1.45. The molecule has 0 aliphatic carbocycles. The molecule has 2 N–H and O–H groups in total. The van der Waals surface area contributed by atoms with Crippen molar-refractivity contribution in [3.05, 3.63) is 40.6 Å². The number of aromatic nitrogens is 1. The third kappa shape index (κ3) is 3.40. The van der Waals surface area contributed by atoms with Gasteiger partial charge in [0, 0.05) is 25.4 Å². The van der Waals surface area contributed by atoms with Gasteiger partial charge in [0.25, 0.3) is 5.69 Å². The van der Waals surface area contributed by atoms with Crippen LogP contribution in [-0.2, 0) is 4.74 Å². The Balaban J connectivity index is 0.000000205. The Morgan fingerprint density at radius 1 is 1.30 bits per heavy atom. The number of nitrogens with zero attached hydrogens (tertiary/aromatic N) is 2. The standard InChI is InChI=1S/C9H6N2O3.C4H9NO/c12-8-4-3-7(11(13)14)6-2-1-5-10-9(6)8;1-3-6-4-2-5-1/h1-5,12H;5H,1-4H2. The number of non-ortho nitro benzene ring substituents is 1. The molecule has 7 nitrogen and oxygen atoms in total. The minimum atomic E-state index is -0.497. The number of phenols is 1. The number of rotatable bonds is 1. The number of aromatic hydroxyl groups is 1. The average molecular weight is 277 g/mol. The van der Waals surface area contributed by atoms with E-state index in [0.717, 1.165) is 26.3 Å². The minimum Gasteiger partial charge on any atom is -0.506 e. The molecule has 1 fully saturated rings. The molecule has 1 aromatic heterocycles. The summed E-state index contributed by atoms with van der Waals surface area (Å²) in [6, 6.07) is 5.68. The summed E-state index contributed by atoms with van der Waals surface area (Å²) in [5.74, 6) is -0.0498. The Morgan fingerprint density at radius 3 is 2.60 bits per heavy atom. The van der Waals surface area contributed by atoms with Crippen LogP contribution in [-0.4, -0.2) is 41.3 Å². The highest BCUT2D eigenvalue weighted by atomic mass is 16.6. The molecular formula is C13H15N3O4. The summed E-state index contributed by atoms with van der Waals surface area (Å²) in [5.41, 5.74) is 0.201. The van der Waals surface area contributed by atoms with Gasteiger partial charge >= 0.3 is 0 Å². The van der Waals surface area contributed by atoms with E-state index in [1.807, 2.05) is 0 Å². The molecular weight excluding hydrogens is 262 g/mol. The number of benzene rings is 1. The summed E-state index contributed by atoms with van der Waals surface area (Å²) >= 11 is 0. The van der Waals surface area contributed by atoms with Crippen molar-refractivity contribution in [3.63, 3.8) is 0 Å².